The fourth-order valence-electron chi connectivity index (χ4n) is 4.67. The zero-order valence-electron chi connectivity index (χ0n) is 31.1. The van der Waals surface area contributed by atoms with Gasteiger partial charge in [-0.15, -0.1) is 56.9 Å². The normalized spacial score (nSPS) is 10.5. The number of fused-ring (bicyclic) bond motifs is 2. The van der Waals surface area contributed by atoms with Crippen LogP contribution in [0.5, 0.6) is 0 Å². The van der Waals surface area contributed by atoms with E-state index in [0.29, 0.717) is 23.7 Å². The molecule has 4 aromatic rings. The minimum atomic E-state index is 0. The van der Waals surface area contributed by atoms with E-state index >= 15 is 0 Å². The minimum Gasteiger partial charge on any atom is -0.343 e. The van der Waals surface area contributed by atoms with Crippen molar-refractivity contribution < 1.29 is 18.6 Å². The molecule has 0 saturated carbocycles. The van der Waals surface area contributed by atoms with Crippen molar-refractivity contribution >= 4 is 31.1 Å². The van der Waals surface area contributed by atoms with Gasteiger partial charge in [-0.3, -0.25) is 0 Å². The van der Waals surface area contributed by atoms with Crippen molar-refractivity contribution in [3.8, 4) is 0 Å². The standard InChI is InChI=1S/2C16H21.2C4H9.C2H6Si.V/c2*1-10(2)13-8-14-6-12(5)7-16(14)15(9-13)11(3)4;2*1-3-4-2;1-3-2;/h2*6-11H,1-5H3;2*1,3-4H2,2H3;1-2H3;/q4*-1;;+4. The molecule has 0 bridgehead atoms. The Kier molecular flexibility index (Phi) is 24.1. The van der Waals surface area contributed by atoms with Gasteiger partial charge in [0.2, 0.25) is 0 Å². The van der Waals surface area contributed by atoms with Gasteiger partial charge in [-0.2, -0.15) is 25.0 Å². The van der Waals surface area contributed by atoms with Crippen LogP contribution in [-0.4, -0.2) is 9.52 Å². The van der Waals surface area contributed by atoms with Crippen LogP contribution in [0.3, 0.4) is 0 Å². The van der Waals surface area contributed by atoms with Gasteiger partial charge in [0.25, 0.3) is 0 Å². The maximum atomic E-state index is 3.60. The van der Waals surface area contributed by atoms with Crippen LogP contribution in [0.2, 0.25) is 13.1 Å². The first-order chi connectivity index (χ1) is 20.2. The molecule has 0 aliphatic carbocycles. The third-order valence-electron chi connectivity index (χ3n) is 7.33. The smallest absolute Gasteiger partial charge is 0.343 e. The minimum absolute atomic E-state index is 0. The van der Waals surface area contributed by atoms with Crippen LogP contribution in [0.1, 0.15) is 152 Å². The summed E-state index contributed by atoms with van der Waals surface area (Å²) < 4.78 is 0. The van der Waals surface area contributed by atoms with Gasteiger partial charge in [0.1, 0.15) is 0 Å². The molecule has 0 heterocycles. The summed E-state index contributed by atoms with van der Waals surface area (Å²) >= 11 is 0. The number of rotatable bonds is 6. The van der Waals surface area contributed by atoms with Crippen molar-refractivity contribution in [2.24, 2.45) is 0 Å². The number of hydrogen-bond acceptors (Lipinski definition) is 0. The summed E-state index contributed by atoms with van der Waals surface area (Å²) in [6.07, 6.45) is 4.56. The molecule has 3 radical (unpaired) electrons. The topological polar surface area (TPSA) is 0 Å². The van der Waals surface area contributed by atoms with Crippen LogP contribution in [0.4, 0.5) is 0 Å². The van der Waals surface area contributed by atoms with E-state index in [0.717, 1.165) is 22.4 Å². The quantitative estimate of drug-likeness (QED) is 0.144. The number of aryl methyl sites for hydroxylation is 2. The Hall–Kier alpha value is -1.54. The summed E-state index contributed by atoms with van der Waals surface area (Å²) in [5.41, 5.74) is 8.66. The van der Waals surface area contributed by atoms with E-state index in [-0.39, 0.29) is 18.6 Å². The molecule has 0 saturated heterocycles. The van der Waals surface area contributed by atoms with Gasteiger partial charge in [-0.1, -0.05) is 143 Å². The monoisotopic (exact) mass is 649 g/mol. The Balaban J connectivity index is 0. The first-order valence-corrected chi connectivity index (χ1v) is 18.8. The molecule has 243 valence electrons. The second-order valence-corrected chi connectivity index (χ2v) is 14.1. The molecule has 2 heteroatoms. The number of hydrogen-bond donors (Lipinski definition) is 0. The third kappa shape index (κ3) is 15.2. The Labute approximate surface area is 289 Å². The van der Waals surface area contributed by atoms with Crippen LogP contribution in [-0.2, 0) is 18.6 Å². The molecule has 0 aromatic heterocycles. The fraction of sp³-hybridized carbons (Fsp3) is 0.524. The van der Waals surface area contributed by atoms with Gasteiger partial charge in [0.05, 0.1) is 0 Å². The SMILES string of the molecule is C[Si]C.Cc1cc2c(C(C)C)cc(C(C)C)cc2[cH-]1.Cc1cc2c(C(C)C)cc(C(C)C)cc2[cH-]1.[CH2-]CCC.[CH2-]CCC.[V+4]. The van der Waals surface area contributed by atoms with E-state index in [4.69, 9.17) is 0 Å². The summed E-state index contributed by atoms with van der Waals surface area (Å²) in [7, 11) is 1.08. The molecular weight excluding hydrogens is 583 g/mol. The Morgan fingerprint density at radius 2 is 0.841 bits per heavy atom. The average Bonchev–Trinajstić information content (AvgIpc) is 3.52. The molecule has 0 spiro atoms. The second kappa shape index (κ2) is 23.7. The molecule has 0 amide bonds. The molecule has 0 N–H and O–H groups in total. The van der Waals surface area contributed by atoms with E-state index in [1.165, 1.54) is 67.8 Å². The third-order valence-corrected chi connectivity index (χ3v) is 7.33. The first kappa shape index (κ1) is 44.6. The molecule has 0 fully saturated rings. The molecule has 4 aromatic carbocycles. The Morgan fingerprint density at radius 1 is 0.568 bits per heavy atom. The van der Waals surface area contributed by atoms with Crippen LogP contribution < -0.4 is 0 Å². The molecule has 0 aliphatic rings. The van der Waals surface area contributed by atoms with E-state index in [9.17, 15) is 0 Å². The molecule has 0 unspecified atom stereocenters. The van der Waals surface area contributed by atoms with E-state index in [1.807, 2.05) is 0 Å². The van der Waals surface area contributed by atoms with Crippen LogP contribution >= 0.6 is 0 Å². The average molecular weight is 650 g/mol. The van der Waals surface area contributed by atoms with E-state index in [1.54, 1.807) is 0 Å². The Bertz CT molecular complexity index is 1180. The first-order valence-electron chi connectivity index (χ1n) is 16.8. The van der Waals surface area contributed by atoms with Crippen molar-refractivity contribution in [3.05, 3.63) is 95.8 Å². The summed E-state index contributed by atoms with van der Waals surface area (Å²) in [6.45, 7) is 38.3. The van der Waals surface area contributed by atoms with Crippen molar-refractivity contribution in [2.45, 2.75) is 146 Å². The van der Waals surface area contributed by atoms with Gasteiger partial charge in [0.15, 0.2) is 0 Å². The summed E-state index contributed by atoms with van der Waals surface area (Å²) in [5, 5.41) is 5.70. The fourth-order valence-corrected chi connectivity index (χ4v) is 4.67. The molecule has 0 nitrogen and oxygen atoms in total. The van der Waals surface area contributed by atoms with Gasteiger partial charge in [-0.25, -0.2) is 0 Å². The van der Waals surface area contributed by atoms with Gasteiger partial charge < -0.3 is 13.8 Å². The molecular formula is C42H66SiV. The predicted molar refractivity (Wildman–Crippen MR) is 203 cm³/mol. The molecule has 0 atom stereocenters. The Morgan fingerprint density at radius 3 is 1.05 bits per heavy atom. The zero-order valence-corrected chi connectivity index (χ0v) is 33.5. The van der Waals surface area contributed by atoms with Crippen molar-refractivity contribution in [3.63, 3.8) is 0 Å². The second-order valence-electron chi connectivity index (χ2n) is 13.1. The maximum Gasteiger partial charge on any atom is 4.00 e. The van der Waals surface area contributed by atoms with E-state index in [2.05, 4.69) is 159 Å². The van der Waals surface area contributed by atoms with Crippen molar-refractivity contribution in [1.82, 2.24) is 0 Å². The molecule has 0 aliphatic heterocycles. The maximum absolute atomic E-state index is 3.60. The zero-order chi connectivity index (χ0) is 33.3. The molecule has 44 heavy (non-hydrogen) atoms. The van der Waals surface area contributed by atoms with E-state index < -0.39 is 0 Å². The summed E-state index contributed by atoms with van der Waals surface area (Å²) in [6, 6.07) is 18.7. The number of unbranched alkanes of at least 4 members (excludes halogenated alkanes) is 2. The number of benzene rings is 2. The van der Waals surface area contributed by atoms with Gasteiger partial charge in [0, 0.05) is 9.52 Å². The summed E-state index contributed by atoms with van der Waals surface area (Å²) in [5.74, 6) is 2.42. The summed E-state index contributed by atoms with van der Waals surface area (Å²) in [4.78, 5) is 0. The van der Waals surface area contributed by atoms with Crippen LogP contribution in [0.25, 0.3) is 21.5 Å². The van der Waals surface area contributed by atoms with Crippen molar-refractivity contribution in [2.75, 3.05) is 0 Å². The van der Waals surface area contributed by atoms with Gasteiger partial charge >= 0.3 is 18.6 Å². The van der Waals surface area contributed by atoms with Crippen LogP contribution in [0, 0.1) is 27.7 Å². The predicted octanol–water partition coefficient (Wildman–Crippen LogP) is 14.3. The van der Waals surface area contributed by atoms with Gasteiger partial charge in [-0.05, 0) is 23.7 Å². The van der Waals surface area contributed by atoms with Crippen LogP contribution in [0.15, 0.2) is 48.5 Å². The largest absolute Gasteiger partial charge is 4.00 e. The van der Waals surface area contributed by atoms with Crippen molar-refractivity contribution in [1.29, 1.82) is 0 Å². The molecule has 4 rings (SSSR count).